The molecule has 0 saturated heterocycles. The molecular formula is C23H32ClF2NO4. The number of fused-ring (bicyclic) bond motifs is 1. The molecule has 31 heavy (non-hydrogen) atoms. The molecule has 8 heteroatoms. The Morgan fingerprint density at radius 1 is 1.19 bits per heavy atom. The third kappa shape index (κ3) is 4.15. The zero-order valence-electron chi connectivity index (χ0n) is 18.6. The predicted molar refractivity (Wildman–Crippen MR) is 114 cm³/mol. The van der Waals surface area contributed by atoms with Crippen molar-refractivity contribution in [1.82, 2.24) is 5.32 Å². The van der Waals surface area contributed by atoms with Crippen LogP contribution in [-0.2, 0) is 9.59 Å². The van der Waals surface area contributed by atoms with E-state index in [1.165, 1.54) is 6.92 Å². The number of aliphatic hydroxyl groups excluding tert-OH is 1. The minimum atomic E-state index is -2.09. The highest BCUT2D eigenvalue weighted by molar-refractivity contribution is 6.21. The molecule has 0 spiro atoms. The molecule has 0 heterocycles. The zero-order chi connectivity index (χ0) is 23.5. The second-order valence-electron chi connectivity index (χ2n) is 10.7. The average Bonchev–Trinajstić information content (AvgIpc) is 2.64. The van der Waals surface area contributed by atoms with E-state index in [9.17, 15) is 23.5 Å². The second-order valence-corrected chi connectivity index (χ2v) is 11.2. The molecule has 5 nitrogen and oxygen atoms in total. The number of aliphatic hydroxyl groups is 1. The van der Waals surface area contributed by atoms with E-state index in [1.807, 2.05) is 0 Å². The molecule has 0 aromatic rings. The number of carbonyl (C=O) groups is 2. The lowest BCUT2D eigenvalue weighted by molar-refractivity contribution is -0.141. The van der Waals surface area contributed by atoms with Crippen LogP contribution in [0.2, 0.25) is 0 Å². The van der Waals surface area contributed by atoms with Crippen molar-refractivity contribution in [3.05, 3.63) is 23.2 Å². The number of amides is 1. The molecule has 2 fully saturated rings. The molecule has 7 atom stereocenters. The molecule has 4 unspecified atom stereocenters. The molecule has 2 saturated carbocycles. The molecule has 3 rings (SSSR count). The first-order valence-electron chi connectivity index (χ1n) is 10.8. The van der Waals surface area contributed by atoms with E-state index in [1.54, 1.807) is 0 Å². The van der Waals surface area contributed by atoms with Gasteiger partial charge in [0.2, 0.25) is 5.91 Å². The summed E-state index contributed by atoms with van der Waals surface area (Å²) >= 11 is 6.73. The van der Waals surface area contributed by atoms with Crippen LogP contribution < -0.4 is 5.32 Å². The van der Waals surface area contributed by atoms with E-state index < -0.39 is 52.8 Å². The Hall–Kier alpha value is -1.47. The maximum atomic E-state index is 14.5. The van der Waals surface area contributed by atoms with Gasteiger partial charge in [-0.2, -0.15) is 0 Å². The van der Waals surface area contributed by atoms with Crippen molar-refractivity contribution in [3.8, 4) is 0 Å². The molecule has 3 N–H and O–H groups in total. The van der Waals surface area contributed by atoms with Gasteiger partial charge in [0, 0.05) is 11.6 Å². The van der Waals surface area contributed by atoms with Crippen molar-refractivity contribution in [2.45, 2.75) is 71.5 Å². The number of nitrogens with one attached hydrogen (secondary N) is 1. The van der Waals surface area contributed by atoms with Crippen LogP contribution in [0.15, 0.2) is 23.2 Å². The molecule has 174 valence electrons. The zero-order valence-corrected chi connectivity index (χ0v) is 19.3. The van der Waals surface area contributed by atoms with Gasteiger partial charge in [0.05, 0.1) is 17.4 Å². The van der Waals surface area contributed by atoms with Crippen molar-refractivity contribution in [2.24, 2.45) is 34.5 Å². The number of alkyl halides is 2. The third-order valence-electron chi connectivity index (χ3n) is 7.92. The minimum Gasteiger partial charge on any atom is -0.478 e. The number of carboxylic acid groups (broad SMARTS) is 1. The monoisotopic (exact) mass is 459 g/mol. The summed E-state index contributed by atoms with van der Waals surface area (Å²) in [6.07, 6.45) is 0.0646. The van der Waals surface area contributed by atoms with Crippen LogP contribution in [0.5, 0.6) is 0 Å². The van der Waals surface area contributed by atoms with Gasteiger partial charge in [0.25, 0.3) is 0 Å². The summed E-state index contributed by atoms with van der Waals surface area (Å²) in [6.45, 7) is 9.99. The van der Waals surface area contributed by atoms with Gasteiger partial charge in [-0.1, -0.05) is 34.6 Å². The number of aliphatic carboxylic acids is 1. The van der Waals surface area contributed by atoms with E-state index in [-0.39, 0.29) is 28.4 Å². The van der Waals surface area contributed by atoms with Crippen LogP contribution in [0.3, 0.4) is 0 Å². The molecule has 0 aliphatic heterocycles. The summed E-state index contributed by atoms with van der Waals surface area (Å²) in [4.78, 5) is 24.2. The van der Waals surface area contributed by atoms with Gasteiger partial charge in [0.15, 0.2) is 0 Å². The highest BCUT2D eigenvalue weighted by Crippen LogP contribution is 2.59. The predicted octanol–water partition coefficient (Wildman–Crippen LogP) is 4.35. The van der Waals surface area contributed by atoms with E-state index >= 15 is 0 Å². The van der Waals surface area contributed by atoms with Crippen LogP contribution >= 0.6 is 11.6 Å². The fraction of sp³-hybridized carbons (Fsp3) is 0.739. The first kappa shape index (κ1) is 24.2. The number of carbonyl (C=O) groups excluding carboxylic acids is 1. The van der Waals surface area contributed by atoms with Crippen molar-refractivity contribution >= 4 is 23.5 Å². The van der Waals surface area contributed by atoms with E-state index in [2.05, 4.69) is 33.0 Å². The number of allylic oxidation sites excluding steroid dienone is 3. The van der Waals surface area contributed by atoms with Gasteiger partial charge in [-0.15, -0.1) is 11.6 Å². The molecule has 0 radical (unpaired) electrons. The van der Waals surface area contributed by atoms with E-state index in [0.717, 1.165) is 18.9 Å². The smallest absolute Gasteiger partial charge is 0.337 e. The van der Waals surface area contributed by atoms with Crippen molar-refractivity contribution in [3.63, 3.8) is 0 Å². The maximum Gasteiger partial charge on any atom is 0.337 e. The Labute approximate surface area is 186 Å². The number of carboxylic acids is 1. The first-order chi connectivity index (χ1) is 14.2. The summed E-state index contributed by atoms with van der Waals surface area (Å²) < 4.78 is 28.7. The lowest BCUT2D eigenvalue weighted by Crippen LogP contribution is -2.59. The summed E-state index contributed by atoms with van der Waals surface area (Å²) in [6, 6.07) is 0. The standard InChI is InChI=1S/C23H32ClF2NO4/c1-10-14(9-13(25)15(18(10)26)21(30)31)27-20(29)11-8-12-16(17(24)19(11)28)23(4,5)7-6-22(12,2)3/h9-12,16-19,28H,6-8H2,1-5H3,(H,27,29)(H,30,31)/t10?,11?,12?,16-,17-,18+,19?/m0/s1. The van der Waals surface area contributed by atoms with Gasteiger partial charge in [-0.05, 0) is 48.0 Å². The number of hydrogen-bond donors (Lipinski definition) is 3. The number of hydrogen-bond acceptors (Lipinski definition) is 3. The fourth-order valence-electron chi connectivity index (χ4n) is 5.75. The van der Waals surface area contributed by atoms with Crippen LogP contribution in [0.25, 0.3) is 0 Å². The molecule has 1 amide bonds. The van der Waals surface area contributed by atoms with Gasteiger partial charge < -0.3 is 15.5 Å². The lowest BCUT2D eigenvalue weighted by atomic mass is 9.49. The SMILES string of the molecule is CC1C(NC(=O)C2CC3[C@@H]([C@H](Cl)C2O)C(C)(C)CCC3(C)C)=CC(F)=C(C(=O)O)[C@@H]1F. The number of rotatable bonds is 3. The summed E-state index contributed by atoms with van der Waals surface area (Å²) in [5.41, 5.74) is -1.11. The highest BCUT2D eigenvalue weighted by atomic mass is 35.5. The minimum absolute atomic E-state index is 0.0383. The Bertz CT molecular complexity index is 837. The average molecular weight is 460 g/mol. The largest absolute Gasteiger partial charge is 0.478 e. The maximum absolute atomic E-state index is 14.5. The molecule has 3 aliphatic carbocycles. The first-order valence-corrected chi connectivity index (χ1v) is 11.2. The fourth-order valence-corrected chi connectivity index (χ4v) is 6.44. The van der Waals surface area contributed by atoms with Crippen LogP contribution in [0.1, 0.15) is 53.9 Å². The second kappa shape index (κ2) is 8.14. The molecule has 3 aliphatic rings. The summed E-state index contributed by atoms with van der Waals surface area (Å²) in [7, 11) is 0. The Balaban J connectivity index is 1.86. The Kier molecular flexibility index (Phi) is 6.35. The van der Waals surface area contributed by atoms with Crippen LogP contribution in [0, 0.1) is 34.5 Å². The molecule has 0 bridgehead atoms. The van der Waals surface area contributed by atoms with E-state index in [0.29, 0.717) is 6.42 Å². The summed E-state index contributed by atoms with van der Waals surface area (Å²) in [5, 5.41) is 21.9. The highest BCUT2D eigenvalue weighted by Gasteiger charge is 2.57. The molecule has 0 aromatic heterocycles. The topological polar surface area (TPSA) is 86.6 Å². The van der Waals surface area contributed by atoms with Gasteiger partial charge in [-0.25, -0.2) is 13.6 Å². The lowest BCUT2D eigenvalue weighted by Gasteiger charge is -2.58. The Morgan fingerprint density at radius 2 is 1.77 bits per heavy atom. The quantitative estimate of drug-likeness (QED) is 0.547. The molecule has 0 aromatic carbocycles. The van der Waals surface area contributed by atoms with Crippen molar-refractivity contribution in [2.75, 3.05) is 0 Å². The Morgan fingerprint density at radius 3 is 2.35 bits per heavy atom. The normalized spacial score (nSPS) is 39.4. The van der Waals surface area contributed by atoms with Crippen molar-refractivity contribution in [1.29, 1.82) is 0 Å². The van der Waals surface area contributed by atoms with Crippen LogP contribution in [0.4, 0.5) is 8.78 Å². The van der Waals surface area contributed by atoms with Crippen molar-refractivity contribution < 1.29 is 28.6 Å². The third-order valence-corrected chi connectivity index (χ3v) is 8.45. The van der Waals surface area contributed by atoms with Gasteiger partial charge >= 0.3 is 5.97 Å². The van der Waals surface area contributed by atoms with E-state index in [4.69, 9.17) is 16.7 Å². The van der Waals surface area contributed by atoms with Gasteiger partial charge in [-0.3, -0.25) is 4.79 Å². The molecular weight excluding hydrogens is 428 g/mol. The summed E-state index contributed by atoms with van der Waals surface area (Å²) in [5.74, 6) is -5.15. The number of halogens is 3. The van der Waals surface area contributed by atoms with Crippen LogP contribution in [-0.4, -0.2) is 39.7 Å². The van der Waals surface area contributed by atoms with Gasteiger partial charge in [0.1, 0.15) is 17.6 Å².